The molecule has 112 valence electrons. The van der Waals surface area contributed by atoms with Gasteiger partial charge in [0, 0.05) is 17.7 Å². The maximum atomic E-state index is 12.9. The van der Waals surface area contributed by atoms with Crippen LogP contribution in [0.5, 0.6) is 0 Å². The van der Waals surface area contributed by atoms with Crippen molar-refractivity contribution >= 4 is 25.8 Å². The first kappa shape index (κ1) is 15.9. The average Bonchev–Trinajstić information content (AvgIpc) is 2.46. The van der Waals surface area contributed by atoms with Crippen molar-refractivity contribution in [2.24, 2.45) is 0 Å². The third-order valence-electron chi connectivity index (χ3n) is 3.54. The van der Waals surface area contributed by atoms with Crippen molar-refractivity contribution in [1.29, 1.82) is 0 Å². The van der Waals surface area contributed by atoms with E-state index in [4.69, 9.17) is 9.62 Å². The van der Waals surface area contributed by atoms with Crippen molar-refractivity contribution in [1.82, 2.24) is 0 Å². The number of halogens is 1. The Morgan fingerprint density at radius 2 is 1.85 bits per heavy atom. The fourth-order valence-electron chi connectivity index (χ4n) is 2.26. The first-order valence-electron chi connectivity index (χ1n) is 6.25. The highest BCUT2D eigenvalue weighted by Gasteiger charge is 2.46. The van der Waals surface area contributed by atoms with Crippen LogP contribution in [0.1, 0.15) is 12.8 Å². The fourth-order valence-corrected chi connectivity index (χ4v) is 4.43. The van der Waals surface area contributed by atoms with Crippen LogP contribution in [0.4, 0.5) is 0 Å². The van der Waals surface area contributed by atoms with Crippen molar-refractivity contribution in [3.05, 3.63) is 28.7 Å². The molecule has 1 aromatic rings. The molecular weight excluding hydrogens is 348 g/mol. The van der Waals surface area contributed by atoms with E-state index in [9.17, 15) is 8.42 Å². The predicted molar refractivity (Wildman–Crippen MR) is 77.1 cm³/mol. The summed E-state index contributed by atoms with van der Waals surface area (Å²) in [4.78, 5) is 9.86. The number of sulfone groups is 1. The van der Waals surface area contributed by atoms with Crippen LogP contribution in [0.3, 0.4) is 0 Å². The highest BCUT2D eigenvalue weighted by molar-refractivity contribution is 9.10. The molecular formula is C13H17BrO5S. The van der Waals surface area contributed by atoms with Crippen molar-refractivity contribution in [3.8, 4) is 0 Å². The summed E-state index contributed by atoms with van der Waals surface area (Å²) in [5, 5.41) is 0. The van der Waals surface area contributed by atoms with Crippen molar-refractivity contribution in [3.63, 3.8) is 0 Å². The molecule has 5 nitrogen and oxygen atoms in total. The second-order valence-corrected chi connectivity index (χ2v) is 7.94. The Balaban J connectivity index is 2.38. The Kier molecular flexibility index (Phi) is 5.19. The predicted octanol–water partition coefficient (Wildman–Crippen LogP) is 2.35. The van der Waals surface area contributed by atoms with E-state index in [-0.39, 0.29) is 6.61 Å². The number of rotatable bonds is 5. The van der Waals surface area contributed by atoms with Gasteiger partial charge in [0.1, 0.15) is 11.4 Å². The summed E-state index contributed by atoms with van der Waals surface area (Å²) in [5.41, 5.74) is 0. The zero-order chi connectivity index (χ0) is 14.6. The third kappa shape index (κ3) is 3.07. The monoisotopic (exact) mass is 364 g/mol. The van der Waals surface area contributed by atoms with Crippen LogP contribution in [0.15, 0.2) is 33.6 Å². The molecule has 1 aliphatic rings. The van der Waals surface area contributed by atoms with Gasteiger partial charge in [0.25, 0.3) is 0 Å². The van der Waals surface area contributed by atoms with E-state index in [1.807, 2.05) is 0 Å². The Labute approximate surface area is 127 Å². The van der Waals surface area contributed by atoms with Crippen LogP contribution >= 0.6 is 15.9 Å². The van der Waals surface area contributed by atoms with E-state index >= 15 is 0 Å². The summed E-state index contributed by atoms with van der Waals surface area (Å²) >= 11 is 3.30. The molecule has 2 rings (SSSR count). The minimum absolute atomic E-state index is 0.00522. The molecule has 0 unspecified atom stereocenters. The van der Waals surface area contributed by atoms with Crippen molar-refractivity contribution in [2.45, 2.75) is 22.5 Å². The van der Waals surface area contributed by atoms with Crippen LogP contribution < -0.4 is 0 Å². The molecule has 0 aliphatic carbocycles. The Morgan fingerprint density at radius 1 is 1.25 bits per heavy atom. The van der Waals surface area contributed by atoms with E-state index in [2.05, 4.69) is 20.8 Å². The van der Waals surface area contributed by atoms with Gasteiger partial charge in [-0.05, 0) is 37.1 Å². The molecule has 0 radical (unpaired) electrons. The second-order valence-electron chi connectivity index (χ2n) is 4.68. The summed E-state index contributed by atoms with van der Waals surface area (Å²) in [7, 11) is -2.14. The number of ether oxygens (including phenoxy) is 1. The number of hydrogen-bond donors (Lipinski definition) is 0. The van der Waals surface area contributed by atoms with Gasteiger partial charge in [0.15, 0.2) is 9.84 Å². The molecule has 0 N–H and O–H groups in total. The molecule has 0 bridgehead atoms. The minimum Gasteiger partial charge on any atom is -0.381 e. The zero-order valence-electron chi connectivity index (χ0n) is 11.2. The van der Waals surface area contributed by atoms with Gasteiger partial charge in [-0.25, -0.2) is 18.2 Å². The summed E-state index contributed by atoms with van der Waals surface area (Å²) in [6.45, 7) is 0.816. The van der Waals surface area contributed by atoms with Gasteiger partial charge in [0.05, 0.1) is 12.0 Å². The SMILES string of the molecule is COOCC1(S(=O)(=O)c2ccc(Br)cc2)CCOCC1. The molecule has 0 atom stereocenters. The molecule has 0 spiro atoms. The molecule has 1 aromatic carbocycles. The molecule has 0 saturated carbocycles. The Bertz CT molecular complexity index is 534. The summed E-state index contributed by atoms with van der Waals surface area (Å²) in [6.07, 6.45) is 0.795. The van der Waals surface area contributed by atoms with E-state index in [0.717, 1.165) is 4.47 Å². The lowest BCUT2D eigenvalue weighted by Crippen LogP contribution is -2.47. The van der Waals surface area contributed by atoms with Crippen LogP contribution in [0.2, 0.25) is 0 Å². The molecule has 0 aromatic heterocycles. The number of benzene rings is 1. The molecule has 0 amide bonds. The van der Waals surface area contributed by atoms with Gasteiger partial charge in [-0.15, -0.1) is 0 Å². The summed E-state index contributed by atoms with van der Waals surface area (Å²) in [6, 6.07) is 6.64. The molecule has 7 heteroatoms. The van der Waals surface area contributed by atoms with Gasteiger partial charge in [-0.1, -0.05) is 15.9 Å². The van der Waals surface area contributed by atoms with Gasteiger partial charge in [-0.2, -0.15) is 0 Å². The first-order valence-corrected chi connectivity index (χ1v) is 8.53. The summed E-state index contributed by atoms with van der Waals surface area (Å²) in [5.74, 6) is 0. The lowest BCUT2D eigenvalue weighted by atomic mass is 10.0. The highest BCUT2D eigenvalue weighted by Crippen LogP contribution is 2.35. The molecule has 20 heavy (non-hydrogen) atoms. The average molecular weight is 365 g/mol. The molecule has 1 heterocycles. The maximum absolute atomic E-state index is 12.9. The molecule has 1 saturated heterocycles. The van der Waals surface area contributed by atoms with Crippen LogP contribution in [-0.4, -0.2) is 40.1 Å². The molecule has 1 fully saturated rings. The summed E-state index contributed by atoms with van der Waals surface area (Å²) < 4.78 is 31.0. The standard InChI is InChI=1S/C13H17BrO5S/c1-17-19-10-13(6-8-18-9-7-13)20(15,16)12-4-2-11(14)3-5-12/h2-5H,6-10H2,1H3. The van der Waals surface area contributed by atoms with E-state index in [1.165, 1.54) is 7.11 Å². The second kappa shape index (κ2) is 6.53. The number of hydrogen-bond acceptors (Lipinski definition) is 5. The Hall–Kier alpha value is -0.470. The van der Waals surface area contributed by atoms with Crippen LogP contribution in [0, 0.1) is 0 Å². The Morgan fingerprint density at radius 3 is 2.40 bits per heavy atom. The minimum atomic E-state index is -3.52. The van der Waals surface area contributed by atoms with Crippen molar-refractivity contribution in [2.75, 3.05) is 26.9 Å². The van der Waals surface area contributed by atoms with E-state index < -0.39 is 14.6 Å². The van der Waals surface area contributed by atoms with Crippen LogP contribution in [0.25, 0.3) is 0 Å². The first-order chi connectivity index (χ1) is 9.52. The maximum Gasteiger partial charge on any atom is 0.186 e. The largest absolute Gasteiger partial charge is 0.381 e. The molecule has 1 aliphatic heterocycles. The van der Waals surface area contributed by atoms with Gasteiger partial charge in [-0.3, -0.25) is 0 Å². The highest BCUT2D eigenvalue weighted by atomic mass is 79.9. The normalized spacial score (nSPS) is 18.9. The quantitative estimate of drug-likeness (QED) is 0.592. The van der Waals surface area contributed by atoms with Gasteiger partial charge >= 0.3 is 0 Å². The lowest BCUT2D eigenvalue weighted by Gasteiger charge is -2.35. The van der Waals surface area contributed by atoms with E-state index in [1.54, 1.807) is 24.3 Å². The third-order valence-corrected chi connectivity index (χ3v) is 6.63. The topological polar surface area (TPSA) is 61.8 Å². The van der Waals surface area contributed by atoms with E-state index in [0.29, 0.717) is 31.0 Å². The fraction of sp³-hybridized carbons (Fsp3) is 0.538. The van der Waals surface area contributed by atoms with Gasteiger partial charge < -0.3 is 4.74 Å². The van der Waals surface area contributed by atoms with Crippen LogP contribution in [-0.2, 0) is 24.3 Å². The van der Waals surface area contributed by atoms with Gasteiger partial charge in [0.2, 0.25) is 0 Å². The lowest BCUT2D eigenvalue weighted by molar-refractivity contribution is -0.279. The zero-order valence-corrected chi connectivity index (χ0v) is 13.6. The smallest absolute Gasteiger partial charge is 0.186 e. The van der Waals surface area contributed by atoms with Crippen molar-refractivity contribution < 1.29 is 22.9 Å².